The van der Waals surface area contributed by atoms with Crippen molar-refractivity contribution < 1.29 is 4.79 Å². The summed E-state index contributed by atoms with van der Waals surface area (Å²) in [6.45, 7) is 2.71. The van der Waals surface area contributed by atoms with Crippen LogP contribution in [0.3, 0.4) is 0 Å². The van der Waals surface area contributed by atoms with Gasteiger partial charge < -0.3 is 10.6 Å². The van der Waals surface area contributed by atoms with Crippen molar-refractivity contribution in [2.75, 3.05) is 12.8 Å². The first-order valence-corrected chi connectivity index (χ1v) is 7.23. The Labute approximate surface area is 114 Å². The third kappa shape index (κ3) is 3.08. The lowest BCUT2D eigenvalue weighted by atomic mass is 10.1. The number of hydrogen-bond acceptors (Lipinski definition) is 3. The molecule has 2 N–H and O–H groups in total. The molecule has 0 saturated heterocycles. The van der Waals surface area contributed by atoms with Gasteiger partial charge in [-0.3, -0.25) is 9.48 Å². The Morgan fingerprint density at radius 2 is 2.05 bits per heavy atom. The number of rotatable bonds is 3. The van der Waals surface area contributed by atoms with Crippen LogP contribution in [0.25, 0.3) is 0 Å². The third-order valence-corrected chi connectivity index (χ3v) is 4.01. The fraction of sp³-hybridized carbons (Fsp3) is 0.714. The fourth-order valence-electron chi connectivity index (χ4n) is 2.74. The van der Waals surface area contributed by atoms with Gasteiger partial charge in [-0.15, -0.1) is 0 Å². The summed E-state index contributed by atoms with van der Waals surface area (Å²) in [5.41, 5.74) is 6.76. The van der Waals surface area contributed by atoms with E-state index in [2.05, 4.69) is 5.10 Å². The van der Waals surface area contributed by atoms with Crippen LogP contribution in [0.1, 0.15) is 55.9 Å². The molecular weight excluding hydrogens is 240 g/mol. The third-order valence-electron chi connectivity index (χ3n) is 4.01. The van der Waals surface area contributed by atoms with Crippen molar-refractivity contribution in [2.45, 2.75) is 58.0 Å². The molecule has 1 heterocycles. The average Bonchev–Trinajstić information content (AvgIpc) is 2.64. The lowest BCUT2D eigenvalue weighted by Gasteiger charge is -2.26. The Hall–Kier alpha value is -1.52. The van der Waals surface area contributed by atoms with Crippen molar-refractivity contribution in [1.29, 1.82) is 0 Å². The predicted octanol–water partition coefficient (Wildman–Crippen LogP) is 2.28. The van der Waals surface area contributed by atoms with Gasteiger partial charge in [-0.1, -0.05) is 25.7 Å². The van der Waals surface area contributed by atoms with Crippen molar-refractivity contribution in [3.05, 3.63) is 11.9 Å². The van der Waals surface area contributed by atoms with Gasteiger partial charge in [-0.2, -0.15) is 5.10 Å². The Balaban J connectivity index is 2.10. The lowest BCUT2D eigenvalue weighted by Crippen LogP contribution is -2.37. The Morgan fingerprint density at radius 1 is 1.42 bits per heavy atom. The number of amides is 1. The second kappa shape index (κ2) is 6.08. The molecule has 0 spiro atoms. The van der Waals surface area contributed by atoms with Crippen molar-refractivity contribution in [1.82, 2.24) is 14.7 Å². The minimum absolute atomic E-state index is 0.0448. The molecule has 106 valence electrons. The summed E-state index contributed by atoms with van der Waals surface area (Å²) in [5.74, 6) is -0.0448. The van der Waals surface area contributed by atoms with Crippen LogP contribution in [-0.2, 0) is 6.54 Å². The largest absolute Gasteiger partial charge is 0.396 e. The van der Waals surface area contributed by atoms with Gasteiger partial charge in [-0.05, 0) is 19.8 Å². The molecule has 0 unspecified atom stereocenters. The molecule has 1 fully saturated rings. The summed E-state index contributed by atoms with van der Waals surface area (Å²) in [4.78, 5) is 14.3. The molecule has 1 aromatic rings. The molecule has 0 bridgehead atoms. The average molecular weight is 264 g/mol. The fourth-order valence-corrected chi connectivity index (χ4v) is 2.74. The molecule has 0 atom stereocenters. The van der Waals surface area contributed by atoms with E-state index in [1.54, 1.807) is 10.9 Å². The molecule has 0 aliphatic heterocycles. The van der Waals surface area contributed by atoms with Crippen LogP contribution in [0.4, 0.5) is 5.69 Å². The normalized spacial score (nSPS) is 17.2. The van der Waals surface area contributed by atoms with Crippen LogP contribution >= 0.6 is 0 Å². The second-order valence-electron chi connectivity index (χ2n) is 5.35. The van der Waals surface area contributed by atoms with E-state index in [0.29, 0.717) is 17.4 Å². The number of aryl methyl sites for hydroxylation is 1. The van der Waals surface area contributed by atoms with E-state index in [-0.39, 0.29) is 5.91 Å². The van der Waals surface area contributed by atoms with Crippen molar-refractivity contribution >= 4 is 11.6 Å². The summed E-state index contributed by atoms with van der Waals surface area (Å²) in [6, 6.07) is 0.334. The first kappa shape index (κ1) is 13.9. The second-order valence-corrected chi connectivity index (χ2v) is 5.35. The first-order valence-electron chi connectivity index (χ1n) is 7.23. The van der Waals surface area contributed by atoms with E-state index in [4.69, 9.17) is 5.73 Å². The first-order chi connectivity index (χ1) is 9.13. The zero-order valence-corrected chi connectivity index (χ0v) is 11.9. The monoisotopic (exact) mass is 264 g/mol. The highest BCUT2D eigenvalue weighted by Crippen LogP contribution is 2.23. The Kier molecular flexibility index (Phi) is 4.45. The minimum atomic E-state index is -0.0448. The standard InChI is InChI=1S/C14H24N4O/c1-3-18-10-12(15)13(16-18)14(19)17(2)11-8-6-4-5-7-9-11/h10-11H,3-9,15H2,1-2H3. The highest BCUT2D eigenvalue weighted by molar-refractivity contribution is 5.97. The van der Waals surface area contributed by atoms with E-state index >= 15 is 0 Å². The van der Waals surface area contributed by atoms with Gasteiger partial charge in [-0.25, -0.2) is 0 Å². The van der Waals surface area contributed by atoms with Crippen molar-refractivity contribution in [2.24, 2.45) is 0 Å². The number of carbonyl (C=O) groups excluding carboxylic acids is 1. The molecule has 1 aromatic heterocycles. The smallest absolute Gasteiger partial charge is 0.276 e. The number of hydrogen-bond donors (Lipinski definition) is 1. The lowest BCUT2D eigenvalue weighted by molar-refractivity contribution is 0.0712. The highest BCUT2D eigenvalue weighted by atomic mass is 16.2. The Bertz CT molecular complexity index is 433. The number of carbonyl (C=O) groups is 1. The van der Waals surface area contributed by atoms with E-state index < -0.39 is 0 Å². The van der Waals surface area contributed by atoms with Crippen molar-refractivity contribution in [3.63, 3.8) is 0 Å². The molecule has 2 rings (SSSR count). The Morgan fingerprint density at radius 3 is 2.58 bits per heavy atom. The molecular formula is C14H24N4O. The molecule has 1 aliphatic carbocycles. The van der Waals surface area contributed by atoms with Gasteiger partial charge >= 0.3 is 0 Å². The quantitative estimate of drug-likeness (QED) is 0.852. The van der Waals surface area contributed by atoms with E-state index in [9.17, 15) is 4.79 Å². The summed E-state index contributed by atoms with van der Waals surface area (Å²) in [5, 5.41) is 4.27. The number of nitrogen functional groups attached to an aromatic ring is 1. The maximum Gasteiger partial charge on any atom is 0.276 e. The number of nitrogens with zero attached hydrogens (tertiary/aromatic N) is 3. The molecule has 0 radical (unpaired) electrons. The van der Waals surface area contributed by atoms with Crippen LogP contribution in [0.15, 0.2) is 6.20 Å². The number of aromatic nitrogens is 2. The van der Waals surface area contributed by atoms with Crippen molar-refractivity contribution in [3.8, 4) is 0 Å². The van der Waals surface area contributed by atoms with Gasteiger partial charge in [0.1, 0.15) is 0 Å². The number of nitrogens with two attached hydrogens (primary N) is 1. The zero-order chi connectivity index (χ0) is 13.8. The van der Waals surface area contributed by atoms with Gasteiger partial charge in [0.2, 0.25) is 0 Å². The number of anilines is 1. The zero-order valence-electron chi connectivity index (χ0n) is 11.9. The molecule has 1 saturated carbocycles. The van der Waals surface area contributed by atoms with E-state index in [1.165, 1.54) is 25.7 Å². The molecule has 5 heteroatoms. The maximum absolute atomic E-state index is 12.5. The summed E-state index contributed by atoms with van der Waals surface area (Å²) < 4.78 is 1.71. The van der Waals surface area contributed by atoms with Crippen LogP contribution in [0.2, 0.25) is 0 Å². The van der Waals surface area contributed by atoms with Gasteiger partial charge in [0.25, 0.3) is 5.91 Å². The molecule has 1 aliphatic rings. The molecule has 1 amide bonds. The van der Waals surface area contributed by atoms with E-state index in [1.807, 2.05) is 18.9 Å². The van der Waals surface area contributed by atoms with Crippen LogP contribution in [0.5, 0.6) is 0 Å². The van der Waals surface area contributed by atoms with Gasteiger partial charge in [0.15, 0.2) is 5.69 Å². The van der Waals surface area contributed by atoms with Crippen LogP contribution in [0, 0.1) is 0 Å². The topological polar surface area (TPSA) is 64.2 Å². The molecule has 0 aromatic carbocycles. The summed E-state index contributed by atoms with van der Waals surface area (Å²) in [6.07, 6.45) is 8.90. The molecule has 19 heavy (non-hydrogen) atoms. The maximum atomic E-state index is 12.5. The SMILES string of the molecule is CCn1cc(N)c(C(=O)N(C)C2CCCCCC2)n1. The predicted molar refractivity (Wildman–Crippen MR) is 75.9 cm³/mol. The molecule has 5 nitrogen and oxygen atoms in total. The van der Waals surface area contributed by atoms with Crippen LogP contribution < -0.4 is 5.73 Å². The van der Waals surface area contributed by atoms with E-state index in [0.717, 1.165) is 19.4 Å². The summed E-state index contributed by atoms with van der Waals surface area (Å²) in [7, 11) is 1.88. The van der Waals surface area contributed by atoms with Crippen LogP contribution in [-0.4, -0.2) is 33.7 Å². The van der Waals surface area contributed by atoms with Gasteiger partial charge in [0, 0.05) is 25.8 Å². The summed E-state index contributed by atoms with van der Waals surface area (Å²) >= 11 is 0. The van der Waals surface area contributed by atoms with Gasteiger partial charge in [0.05, 0.1) is 5.69 Å². The minimum Gasteiger partial charge on any atom is -0.396 e. The highest BCUT2D eigenvalue weighted by Gasteiger charge is 2.25.